The molecule has 5 rings (SSSR count). The van der Waals surface area contributed by atoms with Gasteiger partial charge in [0.2, 0.25) is 10.0 Å². The van der Waals surface area contributed by atoms with Crippen LogP contribution in [0, 0.1) is 13.8 Å². The van der Waals surface area contributed by atoms with Crippen LogP contribution in [-0.2, 0) is 10.0 Å². The van der Waals surface area contributed by atoms with Crippen LogP contribution in [0.2, 0.25) is 5.02 Å². The first-order valence-electron chi connectivity index (χ1n) is 12.2. The number of rotatable bonds is 7. The second-order valence-electron chi connectivity index (χ2n) is 9.40. The quantitative estimate of drug-likeness (QED) is 0.271. The lowest BCUT2D eigenvalue weighted by molar-refractivity contribution is 0.417. The Morgan fingerprint density at radius 1 is 1.05 bits per heavy atom. The maximum absolute atomic E-state index is 12.1. The number of nitrogens with one attached hydrogen (secondary N) is 2. The van der Waals surface area contributed by atoms with Gasteiger partial charge in [-0.15, -0.1) is 0 Å². The zero-order valence-corrected chi connectivity index (χ0v) is 24.2. The first kappa shape index (κ1) is 27.0. The van der Waals surface area contributed by atoms with E-state index >= 15 is 0 Å². The summed E-state index contributed by atoms with van der Waals surface area (Å²) < 4.78 is 34.3. The smallest absolute Gasteiger partial charge is 0.229 e. The van der Waals surface area contributed by atoms with Gasteiger partial charge >= 0.3 is 0 Å². The summed E-state index contributed by atoms with van der Waals surface area (Å²) in [7, 11) is -2.05. The molecule has 2 atom stereocenters. The van der Waals surface area contributed by atoms with Crippen LogP contribution in [-0.4, -0.2) is 36.4 Å². The number of methoxy groups -OCH3 is 1. The molecule has 1 aliphatic heterocycles. The number of hydrogen-bond donors (Lipinski definition) is 2. The topological polar surface area (TPSA) is 88.5 Å². The normalized spacial score (nSPS) is 17.3. The minimum Gasteiger partial charge on any atom is -0.495 e. The molecule has 11 heteroatoms. The number of ether oxygens (including phenoxy) is 1. The van der Waals surface area contributed by atoms with Crippen LogP contribution in [0.3, 0.4) is 0 Å². The fourth-order valence-electron chi connectivity index (χ4n) is 5.17. The number of nitrogens with zero attached hydrogens (tertiary/aromatic N) is 3. The average molecular weight is 582 g/mol. The Morgan fingerprint density at radius 3 is 2.51 bits per heavy atom. The average Bonchev–Trinajstić information content (AvgIpc) is 3.38. The van der Waals surface area contributed by atoms with Crippen LogP contribution < -0.4 is 19.7 Å². The van der Waals surface area contributed by atoms with Crippen molar-refractivity contribution in [3.63, 3.8) is 0 Å². The zero-order chi connectivity index (χ0) is 27.9. The van der Waals surface area contributed by atoms with Gasteiger partial charge in [-0.2, -0.15) is 0 Å². The highest BCUT2D eigenvalue weighted by molar-refractivity contribution is 7.92. The van der Waals surface area contributed by atoms with Crippen molar-refractivity contribution in [2.24, 2.45) is 0 Å². The summed E-state index contributed by atoms with van der Waals surface area (Å²) >= 11 is 12.2. The zero-order valence-electron chi connectivity index (χ0n) is 21.8. The number of pyridine rings is 1. The molecular weight excluding hydrogens is 554 g/mol. The van der Waals surface area contributed by atoms with Gasteiger partial charge in [0.25, 0.3) is 0 Å². The molecule has 0 amide bonds. The first-order chi connectivity index (χ1) is 18.6. The lowest BCUT2D eigenvalue weighted by atomic mass is 9.96. The van der Waals surface area contributed by atoms with Crippen molar-refractivity contribution in [1.82, 2.24) is 14.9 Å². The van der Waals surface area contributed by atoms with E-state index in [2.05, 4.69) is 39.5 Å². The molecule has 1 aliphatic rings. The van der Waals surface area contributed by atoms with Crippen molar-refractivity contribution in [3.8, 4) is 11.4 Å². The molecule has 0 saturated carbocycles. The third-order valence-corrected chi connectivity index (χ3v) is 7.85. The number of benzene rings is 2. The van der Waals surface area contributed by atoms with E-state index in [1.807, 2.05) is 53.4 Å². The van der Waals surface area contributed by atoms with E-state index in [1.54, 1.807) is 18.3 Å². The Balaban J connectivity index is 1.69. The van der Waals surface area contributed by atoms with Crippen molar-refractivity contribution < 1.29 is 13.2 Å². The summed E-state index contributed by atoms with van der Waals surface area (Å²) in [4.78, 5) is 6.64. The third-order valence-electron chi connectivity index (χ3n) is 6.71. The van der Waals surface area contributed by atoms with Gasteiger partial charge in [0.1, 0.15) is 5.75 Å². The van der Waals surface area contributed by atoms with Crippen LogP contribution in [0.5, 0.6) is 5.75 Å². The highest BCUT2D eigenvalue weighted by atomic mass is 35.5. The molecule has 2 aromatic heterocycles. The lowest BCUT2D eigenvalue weighted by Gasteiger charge is -2.29. The predicted molar refractivity (Wildman–Crippen MR) is 160 cm³/mol. The van der Waals surface area contributed by atoms with Crippen LogP contribution in [0.15, 0.2) is 72.9 Å². The molecule has 0 bridgehead atoms. The molecular formula is C28H28ClN5O3S2. The van der Waals surface area contributed by atoms with Gasteiger partial charge < -0.3 is 19.5 Å². The number of halogens is 1. The summed E-state index contributed by atoms with van der Waals surface area (Å²) in [6.07, 6.45) is 2.86. The van der Waals surface area contributed by atoms with E-state index in [0.29, 0.717) is 27.3 Å². The molecule has 0 unspecified atom stereocenters. The fraction of sp³-hybridized carbons (Fsp3) is 0.214. The first-order valence-corrected chi connectivity index (χ1v) is 14.9. The molecule has 1 saturated heterocycles. The Bertz CT molecular complexity index is 1660. The van der Waals surface area contributed by atoms with E-state index in [-0.39, 0.29) is 12.1 Å². The number of aromatic nitrogens is 2. The predicted octanol–water partition coefficient (Wildman–Crippen LogP) is 5.70. The van der Waals surface area contributed by atoms with Crippen molar-refractivity contribution >= 4 is 50.3 Å². The second kappa shape index (κ2) is 10.5. The minimum absolute atomic E-state index is 0.263. The SMILES string of the molecule is COc1ccc(N2C(=S)N[C@H](c3ccccn3)[C@H]2c2cc(C)n(-c3cccc(Cl)c3)c2C)cc1NS(C)(=O)=O. The maximum atomic E-state index is 12.1. The molecule has 2 aromatic carbocycles. The molecule has 202 valence electrons. The molecule has 3 heterocycles. The molecule has 0 aliphatic carbocycles. The maximum Gasteiger partial charge on any atom is 0.229 e. The molecule has 0 spiro atoms. The third kappa shape index (κ3) is 5.32. The molecule has 39 heavy (non-hydrogen) atoms. The summed E-state index contributed by atoms with van der Waals surface area (Å²) in [5.74, 6) is 0.402. The summed E-state index contributed by atoms with van der Waals surface area (Å²) in [5, 5.41) is 4.62. The van der Waals surface area contributed by atoms with Crippen molar-refractivity contribution in [3.05, 3.63) is 101 Å². The number of anilines is 2. The van der Waals surface area contributed by atoms with Gasteiger partial charge in [-0.25, -0.2) is 8.42 Å². The van der Waals surface area contributed by atoms with E-state index < -0.39 is 10.0 Å². The number of thiocarbonyl (C=S) groups is 1. The Hall–Kier alpha value is -3.60. The highest BCUT2D eigenvalue weighted by Gasteiger charge is 2.42. The minimum atomic E-state index is -3.55. The summed E-state index contributed by atoms with van der Waals surface area (Å²) in [6, 6.07) is 20.5. The van der Waals surface area contributed by atoms with Gasteiger partial charge in [-0.1, -0.05) is 23.7 Å². The van der Waals surface area contributed by atoms with E-state index in [0.717, 1.165) is 34.6 Å². The monoisotopic (exact) mass is 581 g/mol. The molecule has 4 aromatic rings. The Labute approximate surface area is 238 Å². The fourth-order valence-corrected chi connectivity index (χ4v) is 6.26. The van der Waals surface area contributed by atoms with Gasteiger partial charge in [-0.05, 0) is 86.2 Å². The standard InChI is InChI=1S/C28H28ClN5O3S2/c1-17-14-22(18(2)33(17)20-9-7-8-19(29)15-20)27-26(23-10-5-6-13-30-23)31-28(38)34(27)21-11-12-25(37-3)24(16-21)32-39(4,35)36/h5-16,26-27,32H,1-4H3,(H,31,38)/t26-,27-/m1/s1. The van der Waals surface area contributed by atoms with E-state index in [4.69, 9.17) is 28.6 Å². The molecule has 8 nitrogen and oxygen atoms in total. The Morgan fingerprint density at radius 2 is 1.85 bits per heavy atom. The van der Waals surface area contributed by atoms with E-state index in [1.165, 1.54) is 7.11 Å². The number of sulfonamides is 1. The van der Waals surface area contributed by atoms with E-state index in [9.17, 15) is 8.42 Å². The van der Waals surface area contributed by atoms with Gasteiger partial charge in [0.15, 0.2) is 5.11 Å². The van der Waals surface area contributed by atoms with Gasteiger partial charge in [0, 0.05) is 34.0 Å². The van der Waals surface area contributed by atoms with Crippen LogP contribution in [0.25, 0.3) is 5.69 Å². The largest absolute Gasteiger partial charge is 0.495 e. The van der Waals surface area contributed by atoms with Crippen LogP contribution in [0.1, 0.15) is 34.7 Å². The number of hydrogen-bond acceptors (Lipinski definition) is 5. The Kier molecular flexibility index (Phi) is 7.28. The van der Waals surface area contributed by atoms with Crippen molar-refractivity contribution in [2.45, 2.75) is 25.9 Å². The molecule has 2 N–H and O–H groups in total. The summed E-state index contributed by atoms with van der Waals surface area (Å²) in [6.45, 7) is 4.13. The lowest BCUT2D eigenvalue weighted by Crippen LogP contribution is -2.29. The number of aryl methyl sites for hydroxylation is 1. The summed E-state index contributed by atoms with van der Waals surface area (Å²) in [5.41, 5.74) is 5.94. The van der Waals surface area contributed by atoms with Crippen molar-refractivity contribution in [2.75, 3.05) is 23.0 Å². The van der Waals surface area contributed by atoms with Crippen molar-refractivity contribution in [1.29, 1.82) is 0 Å². The van der Waals surface area contributed by atoms with Gasteiger partial charge in [0.05, 0.1) is 36.8 Å². The second-order valence-corrected chi connectivity index (χ2v) is 12.0. The van der Waals surface area contributed by atoms with Crippen LogP contribution >= 0.6 is 23.8 Å². The molecule has 1 fully saturated rings. The molecule has 0 radical (unpaired) electrons. The van der Waals surface area contributed by atoms with Gasteiger partial charge in [-0.3, -0.25) is 9.71 Å². The van der Waals surface area contributed by atoms with Crippen LogP contribution in [0.4, 0.5) is 11.4 Å². The highest BCUT2D eigenvalue weighted by Crippen LogP contribution is 2.45.